The van der Waals surface area contributed by atoms with Gasteiger partial charge < -0.3 is 25.6 Å². The first-order chi connectivity index (χ1) is 10.7. The molecule has 1 aliphatic rings. The number of anilines is 2. The van der Waals surface area contributed by atoms with E-state index in [0.717, 1.165) is 44.1 Å². The van der Waals surface area contributed by atoms with Crippen LogP contribution in [0.1, 0.15) is 6.92 Å². The average molecular weight is 306 g/mol. The molecule has 1 aliphatic heterocycles. The third-order valence-electron chi connectivity index (χ3n) is 4.01. The van der Waals surface area contributed by atoms with Crippen LogP contribution in [0, 0.1) is 0 Å². The van der Waals surface area contributed by atoms with Crippen LogP contribution in [0.3, 0.4) is 0 Å². The highest BCUT2D eigenvalue weighted by atomic mass is 16.5. The van der Waals surface area contributed by atoms with Crippen molar-refractivity contribution in [2.75, 3.05) is 56.7 Å². The highest BCUT2D eigenvalue weighted by Gasteiger charge is 2.20. The third kappa shape index (κ3) is 4.19. The predicted molar refractivity (Wildman–Crippen MR) is 89.3 cm³/mol. The zero-order valence-electron chi connectivity index (χ0n) is 13.4. The second-order valence-electron chi connectivity index (χ2n) is 5.49. The first-order valence-electron chi connectivity index (χ1n) is 7.77. The molecule has 0 saturated carbocycles. The standard InChI is InChI=1S/C16H26N4O2/c1-3-19-8-10-20(11-9-19)15-7-5-4-6-14(15)18-16(21)13(17)12-22-2/h4-7,13H,3,8-12,17H2,1-2H3,(H,18,21). The van der Waals surface area contributed by atoms with Gasteiger partial charge in [-0.3, -0.25) is 4.79 Å². The number of carbonyl (C=O) groups is 1. The molecule has 0 radical (unpaired) electrons. The summed E-state index contributed by atoms with van der Waals surface area (Å²) in [7, 11) is 1.54. The average Bonchev–Trinajstić information content (AvgIpc) is 2.55. The monoisotopic (exact) mass is 306 g/mol. The number of ether oxygens (including phenoxy) is 1. The quantitative estimate of drug-likeness (QED) is 0.811. The van der Waals surface area contributed by atoms with Crippen LogP contribution in [0.15, 0.2) is 24.3 Å². The Kier molecular flexibility index (Phi) is 6.18. The fourth-order valence-corrected chi connectivity index (χ4v) is 2.64. The lowest BCUT2D eigenvalue weighted by Gasteiger charge is -2.36. The summed E-state index contributed by atoms with van der Waals surface area (Å²) in [6, 6.07) is 7.21. The summed E-state index contributed by atoms with van der Waals surface area (Å²) in [6.45, 7) is 7.49. The maximum absolute atomic E-state index is 12.1. The number of likely N-dealkylation sites (N-methyl/N-ethyl adjacent to an activating group) is 1. The van der Waals surface area contributed by atoms with Crippen molar-refractivity contribution in [2.45, 2.75) is 13.0 Å². The summed E-state index contributed by atoms with van der Waals surface area (Å²) < 4.78 is 4.93. The van der Waals surface area contributed by atoms with E-state index >= 15 is 0 Å². The van der Waals surface area contributed by atoms with E-state index < -0.39 is 6.04 Å². The van der Waals surface area contributed by atoms with Gasteiger partial charge in [-0.15, -0.1) is 0 Å². The number of hydrogen-bond acceptors (Lipinski definition) is 5. The fourth-order valence-electron chi connectivity index (χ4n) is 2.64. The molecule has 1 heterocycles. The highest BCUT2D eigenvalue weighted by molar-refractivity contribution is 5.97. The van der Waals surface area contributed by atoms with Gasteiger partial charge in [-0.05, 0) is 18.7 Å². The van der Waals surface area contributed by atoms with Crippen LogP contribution >= 0.6 is 0 Å². The number of methoxy groups -OCH3 is 1. The maximum Gasteiger partial charge on any atom is 0.243 e. The van der Waals surface area contributed by atoms with Gasteiger partial charge >= 0.3 is 0 Å². The predicted octanol–water partition coefficient (Wildman–Crippen LogP) is 0.741. The molecular weight excluding hydrogens is 280 g/mol. The van der Waals surface area contributed by atoms with E-state index in [1.54, 1.807) is 0 Å². The van der Waals surface area contributed by atoms with Crippen molar-refractivity contribution >= 4 is 17.3 Å². The van der Waals surface area contributed by atoms with Crippen LogP contribution in [-0.4, -0.2) is 63.3 Å². The Morgan fingerprint density at radius 3 is 2.64 bits per heavy atom. The number of nitrogens with two attached hydrogens (primary N) is 1. The van der Waals surface area contributed by atoms with Crippen molar-refractivity contribution < 1.29 is 9.53 Å². The Balaban J connectivity index is 2.05. The van der Waals surface area contributed by atoms with Crippen LogP contribution in [0.4, 0.5) is 11.4 Å². The summed E-state index contributed by atoms with van der Waals surface area (Å²) in [5.74, 6) is -0.221. The van der Waals surface area contributed by atoms with E-state index in [-0.39, 0.29) is 12.5 Å². The minimum Gasteiger partial charge on any atom is -0.383 e. The molecule has 0 bridgehead atoms. The van der Waals surface area contributed by atoms with E-state index in [0.29, 0.717) is 0 Å². The second kappa shape index (κ2) is 8.12. The van der Waals surface area contributed by atoms with Gasteiger partial charge in [0.05, 0.1) is 18.0 Å². The summed E-state index contributed by atoms with van der Waals surface area (Å²) in [6.07, 6.45) is 0. The van der Waals surface area contributed by atoms with Crippen LogP contribution in [-0.2, 0) is 9.53 Å². The summed E-state index contributed by atoms with van der Waals surface area (Å²) >= 11 is 0. The second-order valence-corrected chi connectivity index (χ2v) is 5.49. The topological polar surface area (TPSA) is 70.8 Å². The largest absolute Gasteiger partial charge is 0.383 e. The summed E-state index contributed by atoms with van der Waals surface area (Å²) in [5, 5.41) is 2.92. The van der Waals surface area contributed by atoms with Crippen molar-refractivity contribution in [2.24, 2.45) is 5.73 Å². The van der Waals surface area contributed by atoms with Crippen LogP contribution < -0.4 is 16.0 Å². The molecular formula is C16H26N4O2. The Morgan fingerprint density at radius 1 is 1.32 bits per heavy atom. The van der Waals surface area contributed by atoms with E-state index in [1.807, 2.05) is 24.3 Å². The zero-order chi connectivity index (χ0) is 15.9. The molecule has 0 spiro atoms. The van der Waals surface area contributed by atoms with Crippen molar-refractivity contribution in [3.05, 3.63) is 24.3 Å². The molecule has 0 aromatic heterocycles. The number of nitrogens with one attached hydrogen (secondary N) is 1. The molecule has 6 nitrogen and oxygen atoms in total. The van der Waals surface area contributed by atoms with Gasteiger partial charge in [-0.25, -0.2) is 0 Å². The van der Waals surface area contributed by atoms with Crippen LogP contribution in [0.25, 0.3) is 0 Å². The van der Waals surface area contributed by atoms with E-state index in [9.17, 15) is 4.79 Å². The number of benzene rings is 1. The number of piperazine rings is 1. The molecule has 1 unspecified atom stereocenters. The van der Waals surface area contributed by atoms with Gasteiger partial charge in [0.1, 0.15) is 6.04 Å². The van der Waals surface area contributed by atoms with E-state index in [4.69, 9.17) is 10.5 Å². The first kappa shape index (κ1) is 16.7. The molecule has 122 valence electrons. The lowest BCUT2D eigenvalue weighted by molar-refractivity contribution is -0.118. The zero-order valence-corrected chi connectivity index (χ0v) is 13.4. The minimum atomic E-state index is -0.657. The lowest BCUT2D eigenvalue weighted by atomic mass is 10.2. The fraction of sp³-hybridized carbons (Fsp3) is 0.562. The van der Waals surface area contributed by atoms with Gasteiger partial charge in [-0.1, -0.05) is 19.1 Å². The molecule has 1 aromatic rings. The third-order valence-corrected chi connectivity index (χ3v) is 4.01. The van der Waals surface area contributed by atoms with Crippen molar-refractivity contribution in [1.29, 1.82) is 0 Å². The molecule has 0 aliphatic carbocycles. The van der Waals surface area contributed by atoms with Crippen LogP contribution in [0.5, 0.6) is 0 Å². The van der Waals surface area contributed by atoms with Crippen molar-refractivity contribution in [1.82, 2.24) is 4.90 Å². The molecule has 1 atom stereocenters. The van der Waals surface area contributed by atoms with Gasteiger partial charge in [0.2, 0.25) is 5.91 Å². The first-order valence-corrected chi connectivity index (χ1v) is 7.77. The number of carbonyl (C=O) groups excluding carboxylic acids is 1. The van der Waals surface area contributed by atoms with Gasteiger partial charge in [0.25, 0.3) is 0 Å². The SMILES string of the molecule is CCN1CCN(c2ccccc2NC(=O)C(N)COC)CC1. The number of hydrogen-bond donors (Lipinski definition) is 2. The summed E-state index contributed by atoms with van der Waals surface area (Å²) in [5.41, 5.74) is 7.64. The molecule has 3 N–H and O–H groups in total. The number of amides is 1. The van der Waals surface area contributed by atoms with E-state index in [1.165, 1.54) is 7.11 Å². The normalized spacial score (nSPS) is 17.3. The van der Waals surface area contributed by atoms with Crippen molar-refractivity contribution in [3.63, 3.8) is 0 Å². The Morgan fingerprint density at radius 2 is 2.00 bits per heavy atom. The number of rotatable bonds is 6. The van der Waals surface area contributed by atoms with Crippen molar-refractivity contribution in [3.8, 4) is 0 Å². The smallest absolute Gasteiger partial charge is 0.243 e. The molecule has 1 aromatic carbocycles. The Bertz CT molecular complexity index is 487. The summed E-state index contributed by atoms with van der Waals surface area (Å²) in [4.78, 5) is 16.8. The van der Waals surface area contributed by atoms with Crippen LogP contribution in [0.2, 0.25) is 0 Å². The number of para-hydroxylation sites is 2. The Labute approximate surface area is 132 Å². The van der Waals surface area contributed by atoms with Gasteiger partial charge in [0.15, 0.2) is 0 Å². The van der Waals surface area contributed by atoms with Gasteiger partial charge in [-0.2, -0.15) is 0 Å². The Hall–Kier alpha value is -1.63. The highest BCUT2D eigenvalue weighted by Crippen LogP contribution is 2.26. The molecule has 2 rings (SSSR count). The minimum absolute atomic E-state index is 0.211. The van der Waals surface area contributed by atoms with E-state index in [2.05, 4.69) is 22.0 Å². The maximum atomic E-state index is 12.1. The number of nitrogens with zero attached hydrogens (tertiary/aromatic N) is 2. The van der Waals surface area contributed by atoms with Gasteiger partial charge in [0, 0.05) is 33.3 Å². The molecule has 1 saturated heterocycles. The molecule has 22 heavy (non-hydrogen) atoms. The molecule has 1 amide bonds. The molecule has 6 heteroatoms. The molecule has 1 fully saturated rings. The lowest BCUT2D eigenvalue weighted by Crippen LogP contribution is -2.46.